The third-order valence-corrected chi connectivity index (χ3v) is 3.21. The predicted octanol–water partition coefficient (Wildman–Crippen LogP) is 5.39. The Labute approximate surface area is 137 Å². The van der Waals surface area contributed by atoms with E-state index in [1.165, 1.54) is 24.3 Å². The summed E-state index contributed by atoms with van der Waals surface area (Å²) in [6, 6.07) is 8.73. The van der Waals surface area contributed by atoms with E-state index in [2.05, 4.69) is 0 Å². The summed E-state index contributed by atoms with van der Waals surface area (Å²) in [6.07, 6.45) is -9.55. The number of halogens is 6. The summed E-state index contributed by atoms with van der Waals surface area (Å²) in [6.45, 7) is 0. The van der Waals surface area contributed by atoms with Crippen molar-refractivity contribution in [1.29, 1.82) is 0 Å². The molecule has 3 nitrogen and oxygen atoms in total. The van der Waals surface area contributed by atoms with E-state index in [1.807, 2.05) is 0 Å². The molecule has 2 aromatic carbocycles. The van der Waals surface area contributed by atoms with Gasteiger partial charge in [-0.1, -0.05) is 12.1 Å². The van der Waals surface area contributed by atoms with Gasteiger partial charge in [-0.2, -0.15) is 22.0 Å². The molecule has 0 spiro atoms. The molecule has 0 aliphatic carbocycles. The van der Waals surface area contributed by atoms with Gasteiger partial charge in [-0.05, 0) is 42.0 Å². The van der Waals surface area contributed by atoms with Crippen LogP contribution >= 0.6 is 0 Å². The standard InChI is InChI=1S/C16H10F6O3/c17-13(15(18,19)16(20,21)22)9-1-5-11(6-2-9)25-12-7-3-10(4-8-12)14(23)24/h1-8,13H,(H,23,24). The SMILES string of the molecule is O=C(O)c1ccc(Oc2ccc(C(F)C(F)(F)C(F)(F)F)cc2)cc1. The molecule has 1 atom stereocenters. The van der Waals surface area contributed by atoms with Crippen LogP contribution in [0.4, 0.5) is 26.3 Å². The molecule has 0 saturated carbocycles. The van der Waals surface area contributed by atoms with E-state index in [0.29, 0.717) is 0 Å². The normalized spacial score (nSPS) is 13.4. The number of carbonyl (C=O) groups is 1. The van der Waals surface area contributed by atoms with Crippen molar-refractivity contribution >= 4 is 5.97 Å². The number of benzene rings is 2. The Balaban J connectivity index is 2.13. The van der Waals surface area contributed by atoms with Crippen molar-refractivity contribution in [3.63, 3.8) is 0 Å². The molecule has 0 amide bonds. The molecule has 0 fully saturated rings. The Bertz CT molecular complexity index is 738. The molecule has 1 N–H and O–H groups in total. The molecule has 0 aromatic heterocycles. The summed E-state index contributed by atoms with van der Waals surface area (Å²) in [5.74, 6) is -6.40. The average Bonchev–Trinajstić information content (AvgIpc) is 2.54. The Hall–Kier alpha value is -2.71. The summed E-state index contributed by atoms with van der Waals surface area (Å²) < 4.78 is 81.3. The minimum absolute atomic E-state index is 0.0114. The van der Waals surface area contributed by atoms with Gasteiger partial charge >= 0.3 is 18.1 Å². The molecule has 134 valence electrons. The van der Waals surface area contributed by atoms with Crippen LogP contribution in [-0.4, -0.2) is 23.2 Å². The maximum atomic E-state index is 13.5. The van der Waals surface area contributed by atoms with E-state index in [0.717, 1.165) is 24.3 Å². The highest BCUT2D eigenvalue weighted by Gasteiger charge is 2.63. The van der Waals surface area contributed by atoms with Gasteiger partial charge in [0.2, 0.25) is 0 Å². The first-order chi connectivity index (χ1) is 11.5. The van der Waals surface area contributed by atoms with Gasteiger partial charge in [0.1, 0.15) is 11.5 Å². The molecule has 0 aliphatic heterocycles. The van der Waals surface area contributed by atoms with Gasteiger partial charge in [0.05, 0.1) is 5.56 Å². The van der Waals surface area contributed by atoms with Gasteiger partial charge in [0.25, 0.3) is 0 Å². The second kappa shape index (κ2) is 6.66. The minimum Gasteiger partial charge on any atom is -0.478 e. The summed E-state index contributed by atoms with van der Waals surface area (Å²) in [5.41, 5.74) is -0.840. The lowest BCUT2D eigenvalue weighted by atomic mass is 10.0. The Morgan fingerprint density at radius 1 is 0.880 bits per heavy atom. The number of hydrogen-bond acceptors (Lipinski definition) is 2. The van der Waals surface area contributed by atoms with E-state index in [4.69, 9.17) is 9.84 Å². The van der Waals surface area contributed by atoms with E-state index in [-0.39, 0.29) is 17.1 Å². The maximum Gasteiger partial charge on any atom is 0.456 e. The predicted molar refractivity (Wildman–Crippen MR) is 74.8 cm³/mol. The number of alkyl halides is 6. The monoisotopic (exact) mass is 364 g/mol. The van der Waals surface area contributed by atoms with Gasteiger partial charge in [-0.3, -0.25) is 0 Å². The van der Waals surface area contributed by atoms with Gasteiger partial charge in [-0.25, -0.2) is 9.18 Å². The fraction of sp³-hybridized carbons (Fsp3) is 0.188. The number of ether oxygens (including phenoxy) is 1. The van der Waals surface area contributed by atoms with E-state index in [9.17, 15) is 31.1 Å². The van der Waals surface area contributed by atoms with Crippen molar-refractivity contribution in [3.05, 3.63) is 59.7 Å². The molecule has 9 heteroatoms. The zero-order valence-corrected chi connectivity index (χ0v) is 12.2. The van der Waals surface area contributed by atoms with E-state index < -0.39 is 29.8 Å². The highest BCUT2D eigenvalue weighted by molar-refractivity contribution is 5.87. The molecule has 0 aliphatic rings. The first-order valence-electron chi connectivity index (χ1n) is 6.72. The summed E-state index contributed by atoms with van der Waals surface area (Å²) in [4.78, 5) is 10.7. The van der Waals surface area contributed by atoms with Crippen LogP contribution in [0, 0.1) is 0 Å². The highest BCUT2D eigenvalue weighted by atomic mass is 19.4. The van der Waals surface area contributed by atoms with Crippen molar-refractivity contribution in [1.82, 2.24) is 0 Å². The number of hydrogen-bond donors (Lipinski definition) is 1. The highest BCUT2D eigenvalue weighted by Crippen LogP contribution is 2.46. The summed E-state index contributed by atoms with van der Waals surface area (Å²) in [7, 11) is 0. The number of carboxylic acids is 1. The van der Waals surface area contributed by atoms with Gasteiger partial charge in [0, 0.05) is 0 Å². The number of carboxylic acid groups (broad SMARTS) is 1. The Morgan fingerprint density at radius 2 is 1.32 bits per heavy atom. The van der Waals surface area contributed by atoms with Crippen molar-refractivity contribution in [2.45, 2.75) is 18.3 Å². The molecule has 0 radical (unpaired) electrons. The lowest BCUT2D eigenvalue weighted by Gasteiger charge is -2.23. The molecule has 1 unspecified atom stereocenters. The molecule has 0 heterocycles. The fourth-order valence-electron chi connectivity index (χ4n) is 1.86. The summed E-state index contributed by atoms with van der Waals surface area (Å²) >= 11 is 0. The van der Waals surface area contributed by atoms with Gasteiger partial charge in [-0.15, -0.1) is 0 Å². The summed E-state index contributed by atoms with van der Waals surface area (Å²) in [5, 5.41) is 8.75. The molecule has 25 heavy (non-hydrogen) atoms. The second-order valence-electron chi connectivity index (χ2n) is 4.98. The quantitative estimate of drug-likeness (QED) is 0.724. The fourth-order valence-corrected chi connectivity index (χ4v) is 1.86. The van der Waals surface area contributed by atoms with Gasteiger partial charge < -0.3 is 9.84 Å². The van der Waals surface area contributed by atoms with Crippen LogP contribution in [-0.2, 0) is 0 Å². The van der Waals surface area contributed by atoms with Gasteiger partial charge in [0.15, 0.2) is 6.17 Å². The van der Waals surface area contributed by atoms with E-state index >= 15 is 0 Å². The van der Waals surface area contributed by atoms with Crippen molar-refractivity contribution in [3.8, 4) is 11.5 Å². The van der Waals surface area contributed by atoms with Crippen molar-refractivity contribution in [2.24, 2.45) is 0 Å². The second-order valence-corrected chi connectivity index (χ2v) is 4.98. The topological polar surface area (TPSA) is 46.5 Å². The molecule has 0 saturated heterocycles. The molecular weight excluding hydrogens is 354 g/mol. The van der Waals surface area contributed by atoms with Crippen LogP contribution in [0.2, 0.25) is 0 Å². The Morgan fingerprint density at radius 3 is 1.72 bits per heavy atom. The third-order valence-electron chi connectivity index (χ3n) is 3.21. The van der Waals surface area contributed by atoms with E-state index in [1.54, 1.807) is 0 Å². The van der Waals surface area contributed by atoms with Crippen molar-refractivity contribution in [2.75, 3.05) is 0 Å². The average molecular weight is 364 g/mol. The first-order valence-corrected chi connectivity index (χ1v) is 6.72. The van der Waals surface area contributed by atoms with Crippen molar-refractivity contribution < 1.29 is 41.0 Å². The smallest absolute Gasteiger partial charge is 0.456 e. The maximum absolute atomic E-state index is 13.5. The minimum atomic E-state index is -6.01. The number of rotatable bonds is 5. The molecule has 0 bridgehead atoms. The molecule has 2 rings (SSSR count). The van der Waals surface area contributed by atoms with Crippen LogP contribution in [0.25, 0.3) is 0 Å². The Kier molecular flexibility index (Phi) is 4.96. The lowest BCUT2D eigenvalue weighted by Crippen LogP contribution is -2.40. The molecule has 2 aromatic rings. The van der Waals surface area contributed by atoms with Crippen LogP contribution < -0.4 is 4.74 Å². The molecular formula is C16H10F6O3. The largest absolute Gasteiger partial charge is 0.478 e. The zero-order valence-electron chi connectivity index (χ0n) is 12.2. The van der Waals surface area contributed by atoms with Crippen LogP contribution in [0.3, 0.4) is 0 Å². The van der Waals surface area contributed by atoms with Crippen LogP contribution in [0.15, 0.2) is 48.5 Å². The zero-order chi connectivity index (χ0) is 18.8. The first kappa shape index (κ1) is 18.6. The number of aromatic carboxylic acids is 1. The van der Waals surface area contributed by atoms with Crippen LogP contribution in [0.1, 0.15) is 22.1 Å². The third kappa shape index (κ3) is 4.04. The lowest BCUT2D eigenvalue weighted by molar-refractivity contribution is -0.305. The van der Waals surface area contributed by atoms with Crippen LogP contribution in [0.5, 0.6) is 11.5 Å².